The van der Waals surface area contributed by atoms with Crippen LogP contribution in [-0.4, -0.2) is 37.7 Å². The zero-order valence-electron chi connectivity index (χ0n) is 27.1. The molecule has 2 aromatic carbocycles. The van der Waals surface area contributed by atoms with Crippen molar-refractivity contribution in [3.8, 4) is 11.1 Å². The van der Waals surface area contributed by atoms with E-state index in [1.54, 1.807) is 20.1 Å². The molecule has 45 heavy (non-hydrogen) atoms. The van der Waals surface area contributed by atoms with Crippen molar-refractivity contribution in [1.82, 2.24) is 0 Å². The minimum atomic E-state index is -0.658. The molecule has 3 aromatic rings. The van der Waals surface area contributed by atoms with Crippen LogP contribution in [0, 0.1) is 0 Å². The summed E-state index contributed by atoms with van der Waals surface area (Å²) in [6.45, 7) is 8.18. The van der Waals surface area contributed by atoms with Gasteiger partial charge in [0.2, 0.25) is 0 Å². The van der Waals surface area contributed by atoms with E-state index < -0.39 is 11.9 Å². The van der Waals surface area contributed by atoms with E-state index in [2.05, 4.69) is 38.1 Å². The molecule has 0 bridgehead atoms. The number of ether oxygens (including phenoxy) is 2. The summed E-state index contributed by atoms with van der Waals surface area (Å²) in [6.07, 6.45) is 13.8. The summed E-state index contributed by atoms with van der Waals surface area (Å²) in [5, 5.41) is 0.187. The lowest BCUT2D eigenvalue weighted by molar-refractivity contribution is 0.0481. The van der Waals surface area contributed by atoms with Gasteiger partial charge in [0.15, 0.2) is 0 Å². The Hall–Kier alpha value is -3.78. The van der Waals surface area contributed by atoms with Gasteiger partial charge in [-0.2, -0.15) is 0 Å². The Morgan fingerprint density at radius 3 is 1.96 bits per heavy atom. The second kappa shape index (κ2) is 16.0. The van der Waals surface area contributed by atoms with Gasteiger partial charge < -0.3 is 15.2 Å². The molecule has 0 spiro atoms. The highest BCUT2D eigenvalue weighted by Crippen LogP contribution is 2.55. The van der Waals surface area contributed by atoms with Gasteiger partial charge in [0.05, 0.1) is 29.3 Å². The molecule has 1 aliphatic rings. The largest absolute Gasteiger partial charge is 0.462 e. The van der Waals surface area contributed by atoms with E-state index in [4.69, 9.17) is 20.2 Å². The minimum absolute atomic E-state index is 0.0234. The Morgan fingerprint density at radius 2 is 1.38 bits per heavy atom. The van der Waals surface area contributed by atoms with Crippen LogP contribution in [0.2, 0.25) is 0 Å². The van der Waals surface area contributed by atoms with Crippen molar-refractivity contribution < 1.29 is 23.9 Å². The minimum Gasteiger partial charge on any atom is -0.462 e. The van der Waals surface area contributed by atoms with Crippen molar-refractivity contribution in [2.24, 2.45) is 4.99 Å². The SMILES string of the molecule is CCCCCCC1(CCCCCC)c2cc(C=O)ccc2-c2ccc(N=Cc3sc(N)c(C(=O)OCC)c3C(=O)OCC)cc21. The molecule has 0 unspecified atom stereocenters. The highest BCUT2D eigenvalue weighted by molar-refractivity contribution is 7.18. The number of anilines is 1. The maximum absolute atomic E-state index is 13.0. The molecule has 1 heterocycles. The zero-order valence-corrected chi connectivity index (χ0v) is 27.9. The fourth-order valence-electron chi connectivity index (χ4n) is 6.53. The van der Waals surface area contributed by atoms with E-state index >= 15 is 0 Å². The number of fused-ring (bicyclic) bond motifs is 3. The van der Waals surface area contributed by atoms with E-state index in [-0.39, 0.29) is 34.8 Å². The molecule has 0 amide bonds. The summed E-state index contributed by atoms with van der Waals surface area (Å²) in [5.41, 5.74) is 12.4. The number of unbranched alkanes of at least 4 members (excludes halogenated alkanes) is 6. The summed E-state index contributed by atoms with van der Waals surface area (Å²) < 4.78 is 10.5. The third-order valence-electron chi connectivity index (χ3n) is 8.67. The Morgan fingerprint density at radius 1 is 0.800 bits per heavy atom. The van der Waals surface area contributed by atoms with Crippen molar-refractivity contribution in [2.75, 3.05) is 18.9 Å². The molecular formula is C37H46N2O5S. The topological polar surface area (TPSA) is 108 Å². The van der Waals surface area contributed by atoms with Gasteiger partial charge >= 0.3 is 11.9 Å². The normalized spacial score (nSPS) is 13.1. The van der Waals surface area contributed by atoms with Gasteiger partial charge in [-0.15, -0.1) is 11.3 Å². The van der Waals surface area contributed by atoms with Crippen molar-refractivity contribution in [3.63, 3.8) is 0 Å². The monoisotopic (exact) mass is 630 g/mol. The summed E-state index contributed by atoms with van der Waals surface area (Å²) in [6, 6.07) is 12.4. The first-order chi connectivity index (χ1) is 21.8. The van der Waals surface area contributed by atoms with Crippen molar-refractivity contribution in [2.45, 2.75) is 97.3 Å². The van der Waals surface area contributed by atoms with Crippen LogP contribution in [0.25, 0.3) is 11.1 Å². The smallest absolute Gasteiger partial charge is 0.342 e. The van der Waals surface area contributed by atoms with Crippen LogP contribution in [-0.2, 0) is 14.9 Å². The van der Waals surface area contributed by atoms with Gasteiger partial charge in [-0.25, -0.2) is 9.59 Å². The summed E-state index contributed by atoms with van der Waals surface area (Å²) in [5.74, 6) is -1.29. The molecule has 1 aliphatic carbocycles. The molecule has 0 atom stereocenters. The van der Waals surface area contributed by atoms with Crippen molar-refractivity contribution in [3.05, 3.63) is 69.1 Å². The number of esters is 2. The van der Waals surface area contributed by atoms with Crippen LogP contribution in [0.1, 0.15) is 139 Å². The maximum Gasteiger partial charge on any atom is 0.342 e. The maximum atomic E-state index is 13.0. The molecule has 4 rings (SSSR count). The summed E-state index contributed by atoms with van der Waals surface area (Å²) >= 11 is 1.11. The average Bonchev–Trinajstić information content (AvgIpc) is 3.51. The fourth-order valence-corrected chi connectivity index (χ4v) is 7.45. The molecule has 0 saturated carbocycles. The van der Waals surface area contributed by atoms with Crippen LogP contribution < -0.4 is 5.73 Å². The summed E-state index contributed by atoms with van der Waals surface area (Å²) in [7, 11) is 0. The lowest BCUT2D eigenvalue weighted by Crippen LogP contribution is -2.25. The molecule has 0 fully saturated rings. The fraction of sp³-hybridized carbons (Fsp3) is 0.459. The Balaban J connectivity index is 1.80. The van der Waals surface area contributed by atoms with E-state index in [1.807, 2.05) is 12.1 Å². The van der Waals surface area contributed by atoms with Gasteiger partial charge in [0.1, 0.15) is 16.9 Å². The molecule has 0 saturated heterocycles. The number of aliphatic imine (C=N–C) groups is 1. The number of hydrogen-bond acceptors (Lipinski definition) is 8. The van der Waals surface area contributed by atoms with Crippen LogP contribution in [0.4, 0.5) is 10.7 Å². The number of nitrogens with two attached hydrogens (primary N) is 1. The first-order valence-corrected chi connectivity index (χ1v) is 17.2. The number of carbonyl (C=O) groups is 3. The first-order valence-electron chi connectivity index (χ1n) is 16.4. The second-order valence-electron chi connectivity index (χ2n) is 11.6. The van der Waals surface area contributed by atoms with Crippen LogP contribution in [0.3, 0.4) is 0 Å². The number of thiophene rings is 1. The second-order valence-corrected chi connectivity index (χ2v) is 12.7. The standard InChI is InChI=1S/C37H46N2O5S/c1-5-9-11-13-19-37(20-14-12-10-6-2)29-21-25(24-40)15-17-27(29)28-18-16-26(22-30(28)37)39-23-31-32(35(41)43-7-3)33(34(38)45-31)36(42)44-8-4/h15-18,21-24H,5-14,19-20,38H2,1-4H3. The number of rotatable bonds is 17. The Kier molecular flexibility index (Phi) is 12.1. The van der Waals surface area contributed by atoms with Gasteiger partial charge in [0.25, 0.3) is 0 Å². The van der Waals surface area contributed by atoms with E-state index in [0.717, 1.165) is 49.0 Å². The first kappa shape index (κ1) is 34.1. The van der Waals surface area contributed by atoms with Crippen LogP contribution in [0.15, 0.2) is 41.4 Å². The van der Waals surface area contributed by atoms with Crippen molar-refractivity contribution in [1.29, 1.82) is 0 Å². The Labute approximate surface area is 271 Å². The average molecular weight is 631 g/mol. The number of nitrogen functional groups attached to an aromatic ring is 1. The molecule has 2 N–H and O–H groups in total. The molecule has 8 heteroatoms. The Bertz CT molecular complexity index is 1530. The number of hydrogen-bond donors (Lipinski definition) is 1. The van der Waals surface area contributed by atoms with Crippen molar-refractivity contribution >= 4 is 46.5 Å². The van der Waals surface area contributed by atoms with Gasteiger partial charge in [-0.05, 0) is 67.1 Å². The highest BCUT2D eigenvalue weighted by Gasteiger charge is 2.42. The number of aldehydes is 1. The number of nitrogens with zero attached hydrogens (tertiary/aromatic N) is 1. The van der Waals surface area contributed by atoms with Gasteiger partial charge in [-0.1, -0.05) is 83.4 Å². The van der Waals surface area contributed by atoms with Gasteiger partial charge in [-0.3, -0.25) is 9.79 Å². The predicted octanol–water partition coefficient (Wildman–Crippen LogP) is 9.45. The van der Waals surface area contributed by atoms with Crippen LogP contribution in [0.5, 0.6) is 0 Å². The summed E-state index contributed by atoms with van der Waals surface area (Å²) in [4.78, 5) is 42.8. The predicted molar refractivity (Wildman–Crippen MR) is 183 cm³/mol. The molecule has 0 radical (unpaired) electrons. The molecule has 0 aliphatic heterocycles. The molecule has 1 aromatic heterocycles. The van der Waals surface area contributed by atoms with Crippen LogP contribution >= 0.6 is 11.3 Å². The van der Waals surface area contributed by atoms with E-state index in [0.29, 0.717) is 10.4 Å². The molecule has 240 valence electrons. The lowest BCUT2D eigenvalue weighted by atomic mass is 9.70. The van der Waals surface area contributed by atoms with E-state index in [9.17, 15) is 14.4 Å². The van der Waals surface area contributed by atoms with E-state index in [1.165, 1.54) is 60.8 Å². The third kappa shape index (κ3) is 7.38. The lowest BCUT2D eigenvalue weighted by Gasteiger charge is -2.33. The molecule has 7 nitrogen and oxygen atoms in total. The third-order valence-corrected chi connectivity index (χ3v) is 9.62. The number of benzene rings is 2. The number of carbonyl (C=O) groups excluding carboxylic acids is 3. The van der Waals surface area contributed by atoms with Gasteiger partial charge in [0, 0.05) is 17.2 Å². The quantitative estimate of drug-likeness (QED) is 0.0689. The highest BCUT2D eigenvalue weighted by atomic mass is 32.1. The zero-order chi connectivity index (χ0) is 32.4. The molecular weight excluding hydrogens is 584 g/mol.